The molecule has 0 N–H and O–H groups in total. The summed E-state index contributed by atoms with van der Waals surface area (Å²) in [6.45, 7) is 14.0. The third-order valence-corrected chi connectivity index (χ3v) is 26.9. The topological polar surface area (TPSA) is 96.8 Å². The Morgan fingerprint density at radius 3 is 0.684 bits per heavy atom. The maximum Gasteiger partial charge on any atom is 0.161 e. The molecule has 114 heavy (non-hydrogen) atoms. The van der Waals surface area contributed by atoms with Gasteiger partial charge >= 0.3 is 0 Å². The average Bonchev–Trinajstić information content (AvgIpc) is 0.728. The molecule has 3 aromatic heterocycles. The van der Waals surface area contributed by atoms with Gasteiger partial charge in [0.15, 0.2) is 17.5 Å². The van der Waals surface area contributed by atoms with Crippen molar-refractivity contribution in [2.75, 3.05) is 29.4 Å². The predicted molar refractivity (Wildman–Crippen MR) is 466 cm³/mol. The van der Waals surface area contributed by atoms with E-state index in [1.807, 2.05) is 36.8 Å². The second kappa shape index (κ2) is 26.0. The number of aromatic nitrogens is 6. The zero-order valence-corrected chi connectivity index (χ0v) is 65.7. The van der Waals surface area contributed by atoms with Crippen LogP contribution >= 0.6 is 35.3 Å². The van der Waals surface area contributed by atoms with Crippen molar-refractivity contribution in [3.63, 3.8) is 0 Å². The SMILES string of the molecule is CC1(C)c2ccccc2N(c2ccc3c(c2)Sc2ccccc2N3c2ccnc(-c3cc(-c4nccc(N5c6ccccc6Sc6cc(N7c8ccccc8C(C)(C)c8ccccc87)ccc65)n4)cc(-c4nccc(N5c6ccccc6Sc6cc(N7c8ccccc8C(C)(C)c8ccccc87)ccc65)n4)c3)n2)c2ccccc21. The van der Waals surface area contributed by atoms with Gasteiger partial charge in [0.1, 0.15) is 17.5 Å². The van der Waals surface area contributed by atoms with E-state index in [-0.39, 0.29) is 16.2 Å². The summed E-state index contributed by atoms with van der Waals surface area (Å²) in [6.07, 6.45) is 5.61. The lowest BCUT2D eigenvalue weighted by molar-refractivity contribution is 0.631. The summed E-state index contributed by atoms with van der Waals surface area (Å²) in [5, 5.41) is 0. The summed E-state index contributed by atoms with van der Waals surface area (Å²) in [5.74, 6) is 3.64. The fourth-order valence-electron chi connectivity index (χ4n) is 18.1. The molecule has 0 saturated carbocycles. The largest absolute Gasteiger partial charge is 0.310 e. The monoisotopic (exact) mass is 1520 g/mol. The van der Waals surface area contributed by atoms with Crippen molar-refractivity contribution >= 4 is 138 Å². The number of benzene rings is 13. The van der Waals surface area contributed by atoms with Gasteiger partial charge in [-0.25, -0.2) is 29.9 Å². The Morgan fingerprint density at radius 2 is 0.430 bits per heavy atom. The zero-order chi connectivity index (χ0) is 76.3. The summed E-state index contributed by atoms with van der Waals surface area (Å²) in [7, 11) is 0. The van der Waals surface area contributed by atoms with Crippen LogP contribution in [0.25, 0.3) is 34.2 Å². The Kier molecular flexibility index (Phi) is 15.5. The molecule has 15 heteroatoms. The minimum atomic E-state index is -0.193. The molecular weight excluding hydrogens is 1450 g/mol. The van der Waals surface area contributed by atoms with Crippen molar-refractivity contribution in [2.45, 2.75) is 87.2 Å². The average molecular weight is 1530 g/mol. The molecule has 546 valence electrons. The molecular formula is C99H72N12S3. The number of fused-ring (bicyclic) bond motifs is 12. The van der Waals surface area contributed by atoms with E-state index in [1.54, 1.807) is 35.3 Å². The van der Waals surface area contributed by atoms with Crippen LogP contribution in [0.5, 0.6) is 0 Å². The molecule has 13 aromatic carbocycles. The van der Waals surface area contributed by atoms with Gasteiger partial charge in [0.05, 0.1) is 68.2 Å². The number of hydrogen-bond acceptors (Lipinski definition) is 15. The molecule has 9 heterocycles. The van der Waals surface area contributed by atoms with Gasteiger partial charge in [-0.15, -0.1) is 0 Å². The van der Waals surface area contributed by atoms with Gasteiger partial charge in [0.25, 0.3) is 0 Å². The normalized spacial score (nSPS) is 15.1. The summed E-state index contributed by atoms with van der Waals surface area (Å²) in [6, 6.07) is 112. The highest BCUT2D eigenvalue weighted by Crippen LogP contribution is 2.61. The van der Waals surface area contributed by atoms with E-state index in [9.17, 15) is 0 Å². The first-order valence-electron chi connectivity index (χ1n) is 38.5. The Labute approximate surface area is 675 Å². The van der Waals surface area contributed by atoms with Crippen molar-refractivity contribution in [2.24, 2.45) is 0 Å². The van der Waals surface area contributed by atoms with Crippen LogP contribution in [-0.2, 0) is 16.2 Å². The van der Waals surface area contributed by atoms with Crippen LogP contribution < -0.4 is 29.4 Å². The smallest absolute Gasteiger partial charge is 0.161 e. The van der Waals surface area contributed by atoms with Crippen LogP contribution in [0.4, 0.5) is 103 Å². The summed E-state index contributed by atoms with van der Waals surface area (Å²) in [4.78, 5) is 53.2. The number of nitrogens with zero attached hydrogens (tertiary/aromatic N) is 12. The second-order valence-corrected chi connectivity index (χ2v) is 34.4. The molecule has 6 aliphatic heterocycles. The van der Waals surface area contributed by atoms with E-state index < -0.39 is 0 Å². The van der Waals surface area contributed by atoms with E-state index in [2.05, 4.69) is 362 Å². The molecule has 0 saturated heterocycles. The third kappa shape index (κ3) is 10.6. The van der Waals surface area contributed by atoms with Crippen LogP contribution in [0.15, 0.2) is 357 Å². The molecule has 0 spiro atoms. The van der Waals surface area contributed by atoms with E-state index in [4.69, 9.17) is 29.9 Å². The van der Waals surface area contributed by atoms with Crippen molar-refractivity contribution in [1.29, 1.82) is 0 Å². The van der Waals surface area contributed by atoms with Gasteiger partial charge in [0.2, 0.25) is 0 Å². The molecule has 6 aliphatic rings. The van der Waals surface area contributed by atoms with Gasteiger partial charge < -0.3 is 14.7 Å². The minimum Gasteiger partial charge on any atom is -0.310 e. The summed E-state index contributed by atoms with van der Waals surface area (Å²) < 4.78 is 0. The van der Waals surface area contributed by atoms with Gasteiger partial charge in [-0.1, -0.05) is 222 Å². The Bertz CT molecular complexity index is 5900. The molecule has 0 fully saturated rings. The Morgan fingerprint density at radius 1 is 0.211 bits per heavy atom. The zero-order valence-electron chi connectivity index (χ0n) is 63.3. The standard InChI is InChI=1S/C99H72N12S3/c1-97(2)67-25-7-13-31-73(67)106(74-32-14-8-26-68(74)97)64-43-46-82-88(58-64)112-85-40-22-19-37-79(85)109(82)91-49-52-100-94(103-91)61-55-62(95-101-53-50-92(104-95)110-80-38-20-23-41-86(80)113-89-59-65(44-47-83(89)110)107-75-33-15-9-27-69(75)98(3,4)70-28-10-16-34-76(70)107)57-63(56-61)96-102-54-51-93(105-96)111-81-39-21-24-42-87(81)114-90-60-66(45-48-84(90)111)108-77-35-17-11-29-71(77)99(5,6)72-30-12-18-36-78(72)108/h7-60H,1-6H3. The highest BCUT2D eigenvalue weighted by atomic mass is 32.2. The predicted octanol–water partition coefficient (Wildman–Crippen LogP) is 27.2. The second-order valence-electron chi connectivity index (χ2n) is 31.2. The van der Waals surface area contributed by atoms with Crippen molar-refractivity contribution < 1.29 is 0 Å². The van der Waals surface area contributed by atoms with Gasteiger partial charge in [-0.3, -0.25) is 14.7 Å². The quantitative estimate of drug-likeness (QED) is 0.137. The van der Waals surface area contributed by atoms with Crippen LogP contribution in [0.1, 0.15) is 74.9 Å². The van der Waals surface area contributed by atoms with E-state index >= 15 is 0 Å². The van der Waals surface area contributed by atoms with Crippen molar-refractivity contribution in [3.8, 4) is 34.2 Å². The van der Waals surface area contributed by atoms with Crippen molar-refractivity contribution in [1.82, 2.24) is 29.9 Å². The Balaban J connectivity index is 0.680. The van der Waals surface area contributed by atoms with Gasteiger partial charge in [-0.05, 0) is 197 Å². The maximum absolute atomic E-state index is 5.64. The number of anilines is 18. The lowest BCUT2D eigenvalue weighted by atomic mass is 9.73. The highest BCUT2D eigenvalue weighted by Gasteiger charge is 2.42. The van der Waals surface area contributed by atoms with E-state index in [0.29, 0.717) is 34.9 Å². The number of hydrogen-bond donors (Lipinski definition) is 0. The summed E-state index contributed by atoms with van der Waals surface area (Å²) in [5.41, 5.74) is 25.7. The molecule has 0 aliphatic carbocycles. The molecule has 12 nitrogen and oxygen atoms in total. The van der Waals surface area contributed by atoms with Crippen molar-refractivity contribution in [3.05, 3.63) is 361 Å². The minimum absolute atomic E-state index is 0.193. The number of para-hydroxylation sites is 9. The first-order chi connectivity index (χ1) is 55.8. The molecule has 0 bridgehead atoms. The Hall–Kier alpha value is -13.1. The molecule has 0 atom stereocenters. The third-order valence-electron chi connectivity index (χ3n) is 23.5. The van der Waals surface area contributed by atoms with Crippen LogP contribution in [0.3, 0.4) is 0 Å². The maximum atomic E-state index is 5.64. The first kappa shape index (κ1) is 67.8. The van der Waals surface area contributed by atoms with E-state index in [0.717, 1.165) is 97.2 Å². The number of rotatable bonds is 9. The van der Waals surface area contributed by atoms with Crippen LogP contribution in [0.2, 0.25) is 0 Å². The summed E-state index contributed by atoms with van der Waals surface area (Å²) >= 11 is 5.34. The van der Waals surface area contributed by atoms with Crippen LogP contribution in [0, 0.1) is 0 Å². The molecule has 16 aromatic rings. The molecule has 0 unspecified atom stereocenters. The lowest BCUT2D eigenvalue weighted by Gasteiger charge is -2.42. The first-order valence-corrected chi connectivity index (χ1v) is 41.0. The van der Waals surface area contributed by atoms with Gasteiger partial charge in [-0.2, -0.15) is 0 Å². The van der Waals surface area contributed by atoms with E-state index in [1.165, 1.54) is 67.5 Å². The van der Waals surface area contributed by atoms with Crippen LogP contribution in [-0.4, -0.2) is 29.9 Å². The van der Waals surface area contributed by atoms with Gasteiger partial charge in [0, 0.05) is 98.0 Å². The fraction of sp³-hybridized carbons (Fsp3) is 0.0909. The lowest BCUT2D eigenvalue weighted by Crippen LogP contribution is -2.30. The molecule has 22 rings (SSSR count). The molecule has 0 radical (unpaired) electrons. The molecule has 0 amide bonds. The fourth-order valence-corrected chi connectivity index (χ4v) is 21.4. The highest BCUT2D eigenvalue weighted by molar-refractivity contribution is 8.00.